The van der Waals surface area contributed by atoms with Gasteiger partial charge in [0.25, 0.3) is 5.69 Å². The van der Waals surface area contributed by atoms with Gasteiger partial charge in [-0.2, -0.15) is 12.6 Å². The fourth-order valence-electron chi connectivity index (χ4n) is 1.42. The molecule has 94 valence electrons. The molecular formula is C12H11NO4S. The summed E-state index contributed by atoms with van der Waals surface area (Å²) in [6.45, 7) is 1.50. The molecule has 0 aliphatic carbocycles. The number of ether oxygens (including phenoxy) is 1. The summed E-state index contributed by atoms with van der Waals surface area (Å²) < 4.78 is 4.59. The molecule has 0 heterocycles. The molecule has 0 saturated heterocycles. The molecule has 0 aliphatic rings. The predicted molar refractivity (Wildman–Crippen MR) is 69.9 cm³/mol. The van der Waals surface area contributed by atoms with Crippen LogP contribution in [0.3, 0.4) is 0 Å². The Morgan fingerprint density at radius 2 is 2.22 bits per heavy atom. The molecular weight excluding hydrogens is 254 g/mol. The number of carbonyl (C=O) groups excluding carboxylic acids is 1. The Labute approximate surface area is 110 Å². The lowest BCUT2D eigenvalue weighted by atomic mass is 10.0. The first-order valence-electron chi connectivity index (χ1n) is 4.98. The van der Waals surface area contributed by atoms with Crippen LogP contribution >= 0.6 is 12.6 Å². The molecule has 0 fully saturated rings. The van der Waals surface area contributed by atoms with Crippen LogP contribution in [0.5, 0.6) is 0 Å². The first-order valence-corrected chi connectivity index (χ1v) is 5.61. The summed E-state index contributed by atoms with van der Waals surface area (Å²) in [5.41, 5.74) is 0.654. The van der Waals surface area contributed by atoms with Crippen molar-refractivity contribution in [2.24, 2.45) is 0 Å². The van der Waals surface area contributed by atoms with E-state index in [-0.39, 0.29) is 16.8 Å². The molecule has 1 aromatic rings. The van der Waals surface area contributed by atoms with E-state index in [9.17, 15) is 14.9 Å². The predicted octanol–water partition coefficient (Wildman–Crippen LogP) is 1.97. The zero-order valence-electron chi connectivity index (χ0n) is 9.89. The molecule has 0 aliphatic heterocycles. The van der Waals surface area contributed by atoms with Gasteiger partial charge in [-0.3, -0.25) is 10.1 Å². The van der Waals surface area contributed by atoms with Crippen molar-refractivity contribution in [2.75, 3.05) is 12.9 Å². The standard InChI is InChI=1S/C12H11NO4S/c1-8-10(12(14)17-2)6-9(4-3-5-18)7-11(8)13(15)16/h6-7,18H,5H2,1-2H3. The molecule has 0 atom stereocenters. The maximum Gasteiger partial charge on any atom is 0.338 e. The molecule has 18 heavy (non-hydrogen) atoms. The minimum atomic E-state index is -0.620. The molecule has 0 spiro atoms. The van der Waals surface area contributed by atoms with E-state index in [2.05, 4.69) is 29.2 Å². The topological polar surface area (TPSA) is 69.4 Å². The van der Waals surface area contributed by atoms with E-state index < -0.39 is 10.9 Å². The van der Waals surface area contributed by atoms with Crippen LogP contribution < -0.4 is 0 Å². The monoisotopic (exact) mass is 265 g/mol. The number of thiol groups is 1. The van der Waals surface area contributed by atoms with E-state index in [0.717, 1.165) is 0 Å². The minimum Gasteiger partial charge on any atom is -0.465 e. The van der Waals surface area contributed by atoms with Gasteiger partial charge in [-0.15, -0.1) is 0 Å². The van der Waals surface area contributed by atoms with Gasteiger partial charge in [0.1, 0.15) is 0 Å². The van der Waals surface area contributed by atoms with E-state index in [1.165, 1.54) is 26.2 Å². The average molecular weight is 265 g/mol. The van der Waals surface area contributed by atoms with Crippen molar-refractivity contribution in [2.45, 2.75) is 6.92 Å². The molecule has 5 nitrogen and oxygen atoms in total. The van der Waals surface area contributed by atoms with Crippen molar-refractivity contribution in [3.05, 3.63) is 38.9 Å². The van der Waals surface area contributed by atoms with Crippen molar-refractivity contribution >= 4 is 24.3 Å². The van der Waals surface area contributed by atoms with Crippen molar-refractivity contribution in [1.82, 2.24) is 0 Å². The van der Waals surface area contributed by atoms with Gasteiger partial charge in [0.05, 0.1) is 23.3 Å². The van der Waals surface area contributed by atoms with Crippen LogP contribution in [0.15, 0.2) is 12.1 Å². The summed E-state index contributed by atoms with van der Waals surface area (Å²) in [6.07, 6.45) is 0. The van der Waals surface area contributed by atoms with Gasteiger partial charge in [0.2, 0.25) is 0 Å². The van der Waals surface area contributed by atoms with Crippen LogP contribution in [-0.2, 0) is 4.74 Å². The zero-order chi connectivity index (χ0) is 13.7. The Morgan fingerprint density at radius 1 is 1.56 bits per heavy atom. The first-order chi connectivity index (χ1) is 8.51. The molecule has 1 aromatic carbocycles. The molecule has 0 amide bonds. The van der Waals surface area contributed by atoms with Gasteiger partial charge in [-0.1, -0.05) is 11.8 Å². The lowest BCUT2D eigenvalue weighted by Gasteiger charge is -2.05. The molecule has 6 heteroatoms. The number of benzene rings is 1. The number of nitrogens with zero attached hydrogens (tertiary/aromatic N) is 1. The summed E-state index contributed by atoms with van der Waals surface area (Å²) in [4.78, 5) is 21.9. The van der Waals surface area contributed by atoms with E-state index in [4.69, 9.17) is 0 Å². The molecule has 1 rings (SSSR count). The summed E-state index contributed by atoms with van der Waals surface area (Å²) in [7, 11) is 1.22. The van der Waals surface area contributed by atoms with Gasteiger partial charge in [-0.25, -0.2) is 4.79 Å². The number of nitro benzene ring substituents is 1. The maximum atomic E-state index is 11.5. The highest BCUT2D eigenvalue weighted by molar-refractivity contribution is 7.80. The Hall–Kier alpha value is -2.00. The normalized spacial score (nSPS) is 9.28. The minimum absolute atomic E-state index is 0.148. The lowest BCUT2D eigenvalue weighted by Crippen LogP contribution is -2.06. The van der Waals surface area contributed by atoms with Crippen LogP contribution in [0.1, 0.15) is 21.5 Å². The number of carbonyl (C=O) groups is 1. The molecule has 0 bridgehead atoms. The average Bonchev–Trinajstić information content (AvgIpc) is 2.36. The van der Waals surface area contributed by atoms with Gasteiger partial charge in [-0.05, 0) is 13.0 Å². The molecule has 0 unspecified atom stereocenters. The second-order valence-corrected chi connectivity index (χ2v) is 3.69. The smallest absolute Gasteiger partial charge is 0.338 e. The Kier molecular flexibility index (Phi) is 4.75. The van der Waals surface area contributed by atoms with Crippen molar-refractivity contribution in [3.8, 4) is 11.8 Å². The largest absolute Gasteiger partial charge is 0.465 e. The number of nitro groups is 1. The Morgan fingerprint density at radius 3 is 2.72 bits per heavy atom. The van der Waals surface area contributed by atoms with E-state index >= 15 is 0 Å². The van der Waals surface area contributed by atoms with Crippen molar-refractivity contribution < 1.29 is 14.5 Å². The number of hydrogen-bond donors (Lipinski definition) is 1. The molecule has 0 saturated carbocycles. The van der Waals surface area contributed by atoms with Gasteiger partial charge in [0.15, 0.2) is 0 Å². The fraction of sp³-hybridized carbons (Fsp3) is 0.250. The quantitative estimate of drug-likeness (QED) is 0.292. The fourth-order valence-corrected chi connectivity index (χ4v) is 1.50. The number of methoxy groups -OCH3 is 1. The Balaban J connectivity index is 3.46. The van der Waals surface area contributed by atoms with Crippen molar-refractivity contribution in [3.63, 3.8) is 0 Å². The highest BCUT2D eigenvalue weighted by atomic mass is 32.1. The van der Waals surface area contributed by atoms with E-state index in [1.807, 2.05) is 0 Å². The first kappa shape index (κ1) is 14.1. The number of rotatable bonds is 2. The highest BCUT2D eigenvalue weighted by Gasteiger charge is 2.20. The maximum absolute atomic E-state index is 11.5. The van der Waals surface area contributed by atoms with Crippen LogP contribution in [0.25, 0.3) is 0 Å². The molecule has 0 N–H and O–H groups in total. The lowest BCUT2D eigenvalue weighted by molar-refractivity contribution is -0.385. The van der Waals surface area contributed by atoms with Crippen LogP contribution in [0.4, 0.5) is 5.69 Å². The van der Waals surface area contributed by atoms with Crippen molar-refractivity contribution in [1.29, 1.82) is 0 Å². The third kappa shape index (κ3) is 3.02. The number of hydrogen-bond acceptors (Lipinski definition) is 5. The Bertz CT molecular complexity index is 557. The summed E-state index contributed by atoms with van der Waals surface area (Å²) >= 11 is 3.92. The third-order valence-electron chi connectivity index (χ3n) is 2.29. The highest BCUT2D eigenvalue weighted by Crippen LogP contribution is 2.24. The van der Waals surface area contributed by atoms with Gasteiger partial charge >= 0.3 is 5.97 Å². The summed E-state index contributed by atoms with van der Waals surface area (Å²) in [6, 6.07) is 2.81. The summed E-state index contributed by atoms with van der Waals surface area (Å²) in [5.74, 6) is 5.08. The van der Waals surface area contributed by atoms with Gasteiger partial charge < -0.3 is 4.74 Å². The third-order valence-corrected chi connectivity index (χ3v) is 2.45. The second kappa shape index (κ2) is 6.07. The molecule has 0 radical (unpaired) electrons. The van der Waals surface area contributed by atoms with E-state index in [1.54, 1.807) is 0 Å². The SMILES string of the molecule is COC(=O)c1cc(C#CCS)cc([N+](=O)[O-])c1C. The second-order valence-electron chi connectivity index (χ2n) is 3.38. The van der Waals surface area contributed by atoms with E-state index in [0.29, 0.717) is 11.3 Å². The molecule has 0 aromatic heterocycles. The van der Waals surface area contributed by atoms with Gasteiger partial charge in [0, 0.05) is 17.2 Å². The zero-order valence-corrected chi connectivity index (χ0v) is 10.8. The van der Waals surface area contributed by atoms with Crippen LogP contribution in [-0.4, -0.2) is 23.8 Å². The summed E-state index contributed by atoms with van der Waals surface area (Å²) in [5, 5.41) is 10.9. The van der Waals surface area contributed by atoms with Crippen LogP contribution in [0.2, 0.25) is 0 Å². The van der Waals surface area contributed by atoms with Crippen LogP contribution in [0, 0.1) is 28.9 Å². The number of esters is 1.